The van der Waals surface area contributed by atoms with Crippen molar-refractivity contribution in [2.45, 2.75) is 57.0 Å². The normalized spacial score (nSPS) is 27.5. The minimum atomic E-state index is -2.62. The van der Waals surface area contributed by atoms with Crippen LogP contribution in [-0.2, 0) is 14.7 Å². The van der Waals surface area contributed by atoms with Gasteiger partial charge >= 0.3 is 0 Å². The van der Waals surface area contributed by atoms with Gasteiger partial charge in [-0.3, -0.25) is 0 Å². The Morgan fingerprint density at radius 3 is 2.44 bits per heavy atom. The Balaban J connectivity index is 1.78. The van der Waals surface area contributed by atoms with Crippen LogP contribution in [0.25, 0.3) is 0 Å². The number of allylic oxidation sites excluding steroid dienone is 1. The summed E-state index contributed by atoms with van der Waals surface area (Å²) in [4.78, 5) is 2.27. The summed E-state index contributed by atoms with van der Waals surface area (Å²) < 4.78 is 22.5. The number of anilines is 1. The molecule has 1 atom stereocenters. The van der Waals surface area contributed by atoms with E-state index in [2.05, 4.69) is 60.5 Å². The molecule has 1 aliphatic carbocycles. The molecule has 1 saturated heterocycles. The summed E-state index contributed by atoms with van der Waals surface area (Å²) >= 11 is 0. The summed E-state index contributed by atoms with van der Waals surface area (Å²) in [5.74, 6) is 2.20. The zero-order valence-corrected chi connectivity index (χ0v) is 17.9. The molecule has 0 spiro atoms. The second-order valence-corrected chi connectivity index (χ2v) is 11.6. The molecular formula is C22H33N2O2P. The molecule has 5 heteroatoms. The summed E-state index contributed by atoms with van der Waals surface area (Å²) in [6.45, 7) is 7.50. The maximum absolute atomic E-state index is 14.6. The highest BCUT2D eigenvalue weighted by atomic mass is 31.2. The summed E-state index contributed by atoms with van der Waals surface area (Å²) in [5, 5.41) is 0. The molecular weight excluding hydrogens is 355 g/mol. The number of hydrogen-bond donors (Lipinski definition) is 0. The SMILES string of the molecule is CN1/C(=C\[P@](=O)(C2CCCCC2)N2CCOCC2)C(C)(C)c2ccccc21. The minimum absolute atomic E-state index is 0.123. The van der Waals surface area contributed by atoms with Gasteiger partial charge in [0.05, 0.1) is 13.2 Å². The van der Waals surface area contributed by atoms with Gasteiger partial charge in [-0.15, -0.1) is 0 Å². The van der Waals surface area contributed by atoms with Crippen LogP contribution >= 0.6 is 7.29 Å². The summed E-state index contributed by atoms with van der Waals surface area (Å²) in [5.41, 5.74) is 3.94. The van der Waals surface area contributed by atoms with Crippen molar-refractivity contribution in [3.05, 3.63) is 41.3 Å². The van der Waals surface area contributed by atoms with Crippen molar-refractivity contribution in [1.29, 1.82) is 0 Å². The zero-order chi connectivity index (χ0) is 19.1. The number of benzene rings is 1. The Morgan fingerprint density at radius 2 is 1.78 bits per heavy atom. The Labute approximate surface area is 164 Å². The second kappa shape index (κ2) is 7.39. The molecule has 3 aliphatic rings. The van der Waals surface area contributed by atoms with E-state index in [0.717, 1.165) is 25.9 Å². The lowest BCUT2D eigenvalue weighted by Gasteiger charge is -2.40. The van der Waals surface area contributed by atoms with Crippen molar-refractivity contribution in [2.24, 2.45) is 0 Å². The fourth-order valence-corrected chi connectivity index (χ4v) is 8.72. The number of nitrogens with zero attached hydrogens (tertiary/aromatic N) is 2. The second-order valence-electron chi connectivity index (χ2n) is 8.75. The number of morpholine rings is 1. The third-order valence-electron chi connectivity index (χ3n) is 6.78. The quantitative estimate of drug-likeness (QED) is 0.667. The van der Waals surface area contributed by atoms with Crippen molar-refractivity contribution in [2.75, 3.05) is 38.3 Å². The molecule has 1 aromatic rings. The third kappa shape index (κ3) is 3.30. The van der Waals surface area contributed by atoms with Crippen LogP contribution in [-0.4, -0.2) is 43.7 Å². The number of hydrogen-bond acceptors (Lipinski definition) is 3. The molecule has 148 valence electrons. The van der Waals surface area contributed by atoms with Gasteiger partial charge in [0.25, 0.3) is 0 Å². The zero-order valence-electron chi connectivity index (χ0n) is 17.0. The van der Waals surface area contributed by atoms with Crippen LogP contribution in [0.5, 0.6) is 0 Å². The fourth-order valence-electron chi connectivity index (χ4n) is 5.14. The average Bonchev–Trinajstić information content (AvgIpc) is 2.90. The first-order valence-corrected chi connectivity index (χ1v) is 12.2. The van der Waals surface area contributed by atoms with Crippen molar-refractivity contribution >= 4 is 13.0 Å². The Morgan fingerprint density at radius 1 is 1.11 bits per heavy atom. The van der Waals surface area contributed by atoms with Gasteiger partial charge in [-0.25, -0.2) is 4.67 Å². The van der Waals surface area contributed by atoms with Crippen LogP contribution in [0.2, 0.25) is 0 Å². The Bertz CT molecular complexity index is 739. The highest BCUT2D eigenvalue weighted by Crippen LogP contribution is 2.62. The lowest BCUT2D eigenvalue weighted by atomic mass is 9.84. The molecule has 4 rings (SSSR count). The van der Waals surface area contributed by atoms with Gasteiger partial charge in [0, 0.05) is 48.4 Å². The van der Waals surface area contributed by atoms with Gasteiger partial charge in [-0.2, -0.15) is 0 Å². The van der Waals surface area contributed by atoms with E-state index in [1.54, 1.807) is 0 Å². The van der Waals surface area contributed by atoms with Crippen LogP contribution in [0.3, 0.4) is 0 Å². The minimum Gasteiger partial charge on any atom is -0.379 e. The summed E-state index contributed by atoms with van der Waals surface area (Å²) in [7, 11) is -0.487. The molecule has 2 heterocycles. The average molecular weight is 388 g/mol. The third-order valence-corrected chi connectivity index (χ3v) is 10.2. The fraction of sp³-hybridized carbons (Fsp3) is 0.636. The molecule has 0 bridgehead atoms. The van der Waals surface area contributed by atoms with E-state index in [1.165, 1.54) is 36.2 Å². The standard InChI is InChI=1S/C22H33N2O2P/c1-22(2)19-11-7-8-12-20(19)23(3)21(22)17-27(25,18-9-5-4-6-10-18)24-13-15-26-16-14-24/h7-8,11-12,17-18H,4-6,9-10,13-16H2,1-3H3/b21-17-/t27-/m0/s1. The van der Waals surface area contributed by atoms with E-state index in [9.17, 15) is 4.57 Å². The van der Waals surface area contributed by atoms with Crippen LogP contribution < -0.4 is 4.90 Å². The molecule has 0 amide bonds. The molecule has 4 nitrogen and oxygen atoms in total. The molecule has 0 unspecified atom stereocenters. The Kier molecular flexibility index (Phi) is 5.26. The van der Waals surface area contributed by atoms with Crippen molar-refractivity contribution in [3.8, 4) is 0 Å². The predicted molar refractivity (Wildman–Crippen MR) is 113 cm³/mol. The molecule has 2 fully saturated rings. The van der Waals surface area contributed by atoms with Gasteiger partial charge in [0.15, 0.2) is 7.29 Å². The number of likely N-dealkylation sites (N-methyl/N-ethyl adjacent to an activating group) is 1. The molecule has 0 radical (unpaired) electrons. The first-order valence-electron chi connectivity index (χ1n) is 10.4. The highest BCUT2D eigenvalue weighted by molar-refractivity contribution is 7.65. The summed E-state index contributed by atoms with van der Waals surface area (Å²) in [6, 6.07) is 8.60. The van der Waals surface area contributed by atoms with Crippen LogP contribution in [0.1, 0.15) is 51.5 Å². The van der Waals surface area contributed by atoms with E-state index in [-0.39, 0.29) is 5.41 Å². The lowest BCUT2D eigenvalue weighted by molar-refractivity contribution is 0.0718. The van der Waals surface area contributed by atoms with Crippen molar-refractivity contribution in [3.63, 3.8) is 0 Å². The first kappa shape index (κ1) is 19.2. The van der Waals surface area contributed by atoms with Crippen LogP contribution in [0, 0.1) is 0 Å². The van der Waals surface area contributed by atoms with Crippen LogP contribution in [0.4, 0.5) is 5.69 Å². The molecule has 1 saturated carbocycles. The maximum atomic E-state index is 14.6. The lowest BCUT2D eigenvalue weighted by Crippen LogP contribution is -2.37. The number of fused-ring (bicyclic) bond motifs is 1. The van der Waals surface area contributed by atoms with Gasteiger partial charge in [0.2, 0.25) is 0 Å². The van der Waals surface area contributed by atoms with Gasteiger partial charge in [0.1, 0.15) is 0 Å². The van der Waals surface area contributed by atoms with Gasteiger partial charge in [-0.05, 0) is 24.5 Å². The van der Waals surface area contributed by atoms with Crippen molar-refractivity contribution in [1.82, 2.24) is 4.67 Å². The van der Waals surface area contributed by atoms with Gasteiger partial charge in [-0.1, -0.05) is 51.3 Å². The topological polar surface area (TPSA) is 32.8 Å². The monoisotopic (exact) mass is 388 g/mol. The molecule has 1 aromatic carbocycles. The predicted octanol–water partition coefficient (Wildman–Crippen LogP) is 5.20. The van der Waals surface area contributed by atoms with E-state index < -0.39 is 7.29 Å². The largest absolute Gasteiger partial charge is 0.379 e. The number of rotatable bonds is 3. The maximum Gasteiger partial charge on any atom is 0.176 e. The van der Waals surface area contributed by atoms with Gasteiger partial charge < -0.3 is 14.2 Å². The summed E-state index contributed by atoms with van der Waals surface area (Å²) in [6.07, 6.45) is 5.89. The molecule has 0 aromatic heterocycles. The van der Waals surface area contributed by atoms with E-state index >= 15 is 0 Å². The van der Waals surface area contributed by atoms with E-state index in [1.807, 2.05) is 0 Å². The smallest absolute Gasteiger partial charge is 0.176 e. The molecule has 2 aliphatic heterocycles. The molecule has 27 heavy (non-hydrogen) atoms. The van der Waals surface area contributed by atoms with Crippen molar-refractivity contribution < 1.29 is 9.30 Å². The first-order chi connectivity index (χ1) is 12.9. The van der Waals surface area contributed by atoms with Crippen LogP contribution in [0.15, 0.2) is 35.8 Å². The highest BCUT2D eigenvalue weighted by Gasteiger charge is 2.44. The van der Waals surface area contributed by atoms with E-state index in [0.29, 0.717) is 18.9 Å². The molecule has 0 N–H and O–H groups in total. The number of para-hydroxylation sites is 1. The van der Waals surface area contributed by atoms with E-state index in [4.69, 9.17) is 4.74 Å². The Hall–Kier alpha value is -1.09. The number of ether oxygens (including phenoxy) is 1.